The monoisotopic (exact) mass is 490 g/mol. The summed E-state index contributed by atoms with van der Waals surface area (Å²) >= 11 is 0. The van der Waals surface area contributed by atoms with Crippen molar-refractivity contribution in [3.05, 3.63) is 82.0 Å². The van der Waals surface area contributed by atoms with E-state index in [2.05, 4.69) is 22.4 Å². The lowest BCUT2D eigenvalue weighted by atomic mass is 9.95. The highest BCUT2D eigenvalue weighted by atomic mass is 19.4. The molecule has 0 radical (unpaired) electrons. The number of benzene rings is 2. The van der Waals surface area contributed by atoms with Crippen LogP contribution >= 0.6 is 0 Å². The highest BCUT2D eigenvalue weighted by molar-refractivity contribution is 5.97. The Morgan fingerprint density at radius 1 is 1.09 bits per heavy atom. The SMILES string of the molecule is CN/N=C(\N)c1ccc(-c2cc(COc3cc4c(cn3)CC(C)C4)c(F)cc2C(F)(F)F)c(F)c1. The molecule has 1 unspecified atom stereocenters. The second-order valence-corrected chi connectivity index (χ2v) is 8.50. The predicted molar refractivity (Wildman–Crippen MR) is 122 cm³/mol. The maximum atomic E-state index is 14.9. The van der Waals surface area contributed by atoms with Crippen molar-refractivity contribution in [2.75, 3.05) is 7.05 Å². The Hall–Kier alpha value is -3.69. The van der Waals surface area contributed by atoms with Crippen LogP contribution in [0.15, 0.2) is 47.7 Å². The van der Waals surface area contributed by atoms with Gasteiger partial charge < -0.3 is 15.9 Å². The van der Waals surface area contributed by atoms with E-state index in [1.54, 1.807) is 12.3 Å². The molecule has 1 heterocycles. The first-order chi connectivity index (χ1) is 16.6. The number of ether oxygens (including phenoxy) is 1. The molecular formula is C25H23F5N4O. The Balaban J connectivity index is 1.69. The molecule has 0 fully saturated rings. The molecule has 0 amide bonds. The maximum absolute atomic E-state index is 14.9. The van der Waals surface area contributed by atoms with E-state index in [0.717, 1.165) is 42.2 Å². The molecule has 3 aromatic rings. The molecule has 0 aliphatic heterocycles. The number of rotatable bonds is 6. The molecule has 1 atom stereocenters. The number of amidine groups is 1. The van der Waals surface area contributed by atoms with Crippen LogP contribution in [-0.2, 0) is 25.6 Å². The van der Waals surface area contributed by atoms with E-state index in [1.165, 1.54) is 13.1 Å². The van der Waals surface area contributed by atoms with Crippen LogP contribution in [0, 0.1) is 17.6 Å². The first-order valence-corrected chi connectivity index (χ1v) is 10.9. The molecule has 4 rings (SSSR count). The Labute approximate surface area is 198 Å². The Morgan fingerprint density at radius 2 is 1.83 bits per heavy atom. The largest absolute Gasteiger partial charge is 0.473 e. The molecule has 1 aliphatic carbocycles. The number of alkyl halides is 3. The average molecular weight is 490 g/mol. The molecule has 0 bridgehead atoms. The van der Waals surface area contributed by atoms with Crippen molar-refractivity contribution in [1.82, 2.24) is 10.4 Å². The van der Waals surface area contributed by atoms with E-state index in [-0.39, 0.29) is 35.0 Å². The number of fused-ring (bicyclic) bond motifs is 1. The van der Waals surface area contributed by atoms with Crippen molar-refractivity contribution in [3.63, 3.8) is 0 Å². The third-order valence-electron chi connectivity index (χ3n) is 5.85. The van der Waals surface area contributed by atoms with Crippen molar-refractivity contribution in [3.8, 4) is 17.0 Å². The van der Waals surface area contributed by atoms with Gasteiger partial charge in [-0.25, -0.2) is 13.8 Å². The summed E-state index contributed by atoms with van der Waals surface area (Å²) in [6, 6.07) is 6.54. The number of hydrogen-bond donors (Lipinski definition) is 2. The van der Waals surface area contributed by atoms with Crippen LogP contribution in [0.5, 0.6) is 5.88 Å². The van der Waals surface area contributed by atoms with Gasteiger partial charge in [0.1, 0.15) is 18.2 Å². The summed E-state index contributed by atoms with van der Waals surface area (Å²) in [5.41, 5.74) is 8.21. The van der Waals surface area contributed by atoms with Gasteiger partial charge in [-0.3, -0.25) is 0 Å². The summed E-state index contributed by atoms with van der Waals surface area (Å²) in [6.45, 7) is 1.74. The third kappa shape index (κ3) is 5.21. The minimum absolute atomic E-state index is 0.0431. The lowest BCUT2D eigenvalue weighted by Crippen LogP contribution is -2.17. The molecule has 0 saturated heterocycles. The number of halogens is 5. The van der Waals surface area contributed by atoms with E-state index in [0.29, 0.717) is 12.0 Å². The van der Waals surface area contributed by atoms with Crippen LogP contribution in [0.2, 0.25) is 0 Å². The van der Waals surface area contributed by atoms with Crippen molar-refractivity contribution in [1.29, 1.82) is 0 Å². The van der Waals surface area contributed by atoms with Crippen molar-refractivity contribution in [2.45, 2.75) is 32.5 Å². The third-order valence-corrected chi connectivity index (χ3v) is 5.85. The van der Waals surface area contributed by atoms with Gasteiger partial charge in [-0.1, -0.05) is 19.1 Å². The normalized spacial score (nSPS) is 15.7. The number of aromatic nitrogens is 1. The van der Waals surface area contributed by atoms with E-state index >= 15 is 0 Å². The standard InChI is InChI=1S/C25H23F5N4O/c1-13-5-15-9-23(33-11-16(15)6-13)35-12-17-7-19(20(10-21(17)26)25(28,29)30)18-4-3-14(8-22(18)27)24(31)34-32-2/h3-4,7-11,13,32H,5-6,12H2,1-2H3,(H2,31,34). The van der Waals surface area contributed by atoms with Crippen LogP contribution < -0.4 is 15.9 Å². The van der Waals surface area contributed by atoms with Gasteiger partial charge in [0.05, 0.1) is 5.56 Å². The van der Waals surface area contributed by atoms with Crippen molar-refractivity contribution >= 4 is 5.84 Å². The predicted octanol–water partition coefficient (Wildman–Crippen LogP) is 5.20. The Kier molecular flexibility index (Phi) is 6.64. The number of hydrazone groups is 1. The van der Waals surface area contributed by atoms with Gasteiger partial charge in [-0.15, -0.1) is 0 Å². The molecule has 0 spiro atoms. The quantitative estimate of drug-likeness (QED) is 0.216. The van der Waals surface area contributed by atoms with E-state index in [1.807, 2.05) is 0 Å². The van der Waals surface area contributed by atoms with E-state index in [9.17, 15) is 22.0 Å². The van der Waals surface area contributed by atoms with Gasteiger partial charge in [0.2, 0.25) is 5.88 Å². The maximum Gasteiger partial charge on any atom is 0.417 e. The number of nitrogens with zero attached hydrogens (tertiary/aromatic N) is 2. The number of pyridine rings is 1. The molecule has 1 aliphatic rings. The van der Waals surface area contributed by atoms with Gasteiger partial charge in [-0.05, 0) is 53.6 Å². The van der Waals surface area contributed by atoms with Gasteiger partial charge >= 0.3 is 6.18 Å². The van der Waals surface area contributed by atoms with E-state index in [4.69, 9.17) is 10.5 Å². The van der Waals surface area contributed by atoms with Crippen molar-refractivity contribution < 1.29 is 26.7 Å². The highest BCUT2D eigenvalue weighted by Crippen LogP contribution is 2.40. The zero-order valence-corrected chi connectivity index (χ0v) is 19.0. The van der Waals surface area contributed by atoms with Crippen LogP contribution in [0.1, 0.15) is 34.7 Å². The summed E-state index contributed by atoms with van der Waals surface area (Å²) in [7, 11) is 1.49. The minimum atomic E-state index is -4.91. The lowest BCUT2D eigenvalue weighted by molar-refractivity contribution is -0.137. The molecule has 2 aromatic carbocycles. The lowest BCUT2D eigenvalue weighted by Gasteiger charge is -2.17. The Bertz CT molecular complexity index is 1290. The summed E-state index contributed by atoms with van der Waals surface area (Å²) in [4.78, 5) is 4.21. The van der Waals surface area contributed by atoms with Crippen LogP contribution in [-0.4, -0.2) is 17.9 Å². The molecular weight excluding hydrogens is 467 g/mol. The summed E-state index contributed by atoms with van der Waals surface area (Å²) < 4.78 is 76.3. The summed E-state index contributed by atoms with van der Waals surface area (Å²) in [5.74, 6) is -1.39. The van der Waals surface area contributed by atoms with Gasteiger partial charge in [0, 0.05) is 36.0 Å². The molecule has 1 aromatic heterocycles. The number of nitrogens with two attached hydrogens (primary N) is 1. The van der Waals surface area contributed by atoms with Crippen molar-refractivity contribution in [2.24, 2.45) is 16.8 Å². The van der Waals surface area contributed by atoms with Gasteiger partial charge in [0.15, 0.2) is 5.84 Å². The molecule has 0 saturated carbocycles. The molecule has 35 heavy (non-hydrogen) atoms. The second kappa shape index (κ2) is 9.52. The smallest absolute Gasteiger partial charge is 0.417 e. The van der Waals surface area contributed by atoms with Crippen LogP contribution in [0.4, 0.5) is 22.0 Å². The molecule has 184 valence electrons. The zero-order chi connectivity index (χ0) is 25.3. The second-order valence-electron chi connectivity index (χ2n) is 8.50. The molecule has 5 nitrogen and oxygen atoms in total. The summed E-state index contributed by atoms with van der Waals surface area (Å²) in [5, 5.41) is 3.73. The fourth-order valence-electron chi connectivity index (χ4n) is 4.19. The first-order valence-electron chi connectivity index (χ1n) is 10.9. The van der Waals surface area contributed by atoms with E-state index < -0.39 is 28.9 Å². The zero-order valence-electron chi connectivity index (χ0n) is 19.0. The summed E-state index contributed by atoms with van der Waals surface area (Å²) in [6.07, 6.45) is -1.43. The fourth-order valence-corrected chi connectivity index (χ4v) is 4.19. The average Bonchev–Trinajstić information content (AvgIpc) is 3.17. The molecule has 3 N–H and O–H groups in total. The van der Waals surface area contributed by atoms with Crippen LogP contribution in [0.25, 0.3) is 11.1 Å². The first kappa shape index (κ1) is 24.4. The topological polar surface area (TPSA) is 72.5 Å². The minimum Gasteiger partial charge on any atom is -0.473 e. The molecule has 10 heteroatoms. The Morgan fingerprint density at radius 3 is 2.51 bits per heavy atom. The highest BCUT2D eigenvalue weighted by Gasteiger charge is 2.35. The fraction of sp³-hybridized carbons (Fsp3) is 0.280. The number of hydrogen-bond acceptors (Lipinski definition) is 4. The van der Waals surface area contributed by atoms with Crippen LogP contribution in [0.3, 0.4) is 0 Å². The van der Waals surface area contributed by atoms with Gasteiger partial charge in [0.25, 0.3) is 0 Å². The van der Waals surface area contributed by atoms with Gasteiger partial charge in [-0.2, -0.15) is 18.3 Å². The number of nitrogens with one attached hydrogen (secondary N) is 1.